The zero-order chi connectivity index (χ0) is 12.3. The number of carbonyl (C=O) groups is 1. The van der Waals surface area contributed by atoms with Crippen molar-refractivity contribution in [2.24, 2.45) is 17.3 Å². The van der Waals surface area contributed by atoms with Crippen LogP contribution in [0.1, 0.15) is 40.7 Å². The SMILES string of the molecule is Cc1ccc2c(c1)C(=O)C1(CC2)CC2C=CC1C2. The summed E-state index contributed by atoms with van der Waals surface area (Å²) in [6.45, 7) is 2.08. The summed E-state index contributed by atoms with van der Waals surface area (Å²) in [6.07, 6.45) is 9.10. The van der Waals surface area contributed by atoms with Crippen LogP contribution in [0.5, 0.6) is 0 Å². The highest BCUT2D eigenvalue weighted by Crippen LogP contribution is 2.57. The number of hydrogen-bond donors (Lipinski definition) is 0. The number of Topliss-reactive ketones (excluding diaryl/α,β-unsaturated/α-hetero) is 1. The average Bonchev–Trinajstić information content (AvgIpc) is 2.96. The normalized spacial score (nSPS) is 36.4. The van der Waals surface area contributed by atoms with Crippen LogP contribution in [0.25, 0.3) is 0 Å². The summed E-state index contributed by atoms with van der Waals surface area (Å²) in [5, 5.41) is 0. The van der Waals surface area contributed by atoms with Gasteiger partial charge in [-0.05, 0) is 56.1 Å². The van der Waals surface area contributed by atoms with Gasteiger partial charge in [0, 0.05) is 11.0 Å². The smallest absolute Gasteiger partial charge is 0.169 e. The lowest BCUT2D eigenvalue weighted by molar-refractivity contribution is 0.0702. The molecule has 0 saturated heterocycles. The van der Waals surface area contributed by atoms with Gasteiger partial charge in [-0.2, -0.15) is 0 Å². The molecule has 4 rings (SSSR count). The molecule has 1 saturated carbocycles. The van der Waals surface area contributed by atoms with Gasteiger partial charge >= 0.3 is 0 Å². The zero-order valence-corrected chi connectivity index (χ0v) is 10.8. The van der Waals surface area contributed by atoms with Crippen LogP contribution in [0.15, 0.2) is 30.4 Å². The summed E-state index contributed by atoms with van der Waals surface area (Å²) >= 11 is 0. The quantitative estimate of drug-likeness (QED) is 0.630. The average molecular weight is 238 g/mol. The van der Waals surface area contributed by atoms with Gasteiger partial charge in [0.2, 0.25) is 0 Å². The Balaban J connectivity index is 1.83. The van der Waals surface area contributed by atoms with E-state index in [1.165, 1.54) is 17.5 Å². The van der Waals surface area contributed by atoms with Crippen LogP contribution in [0.2, 0.25) is 0 Å². The van der Waals surface area contributed by atoms with E-state index in [1.807, 2.05) is 0 Å². The van der Waals surface area contributed by atoms with Crippen molar-refractivity contribution in [1.82, 2.24) is 0 Å². The minimum Gasteiger partial charge on any atom is -0.294 e. The van der Waals surface area contributed by atoms with Crippen LogP contribution in [0, 0.1) is 24.2 Å². The van der Waals surface area contributed by atoms with E-state index < -0.39 is 0 Å². The molecule has 3 unspecified atom stereocenters. The first-order chi connectivity index (χ1) is 8.69. The lowest BCUT2D eigenvalue weighted by atomic mass is 9.63. The minimum atomic E-state index is -0.0415. The Hall–Kier alpha value is -1.37. The Labute approximate surface area is 108 Å². The summed E-state index contributed by atoms with van der Waals surface area (Å²) in [5.41, 5.74) is 3.45. The molecule has 3 atom stereocenters. The Bertz CT molecular complexity index is 569. The van der Waals surface area contributed by atoms with E-state index in [0.29, 0.717) is 17.6 Å². The molecule has 1 fully saturated rings. The standard InChI is InChI=1S/C17H18O/c1-11-2-4-13-6-7-17(16(18)15(13)8-11)10-12-3-5-14(17)9-12/h2-5,8,12,14H,6-7,9-10H2,1H3. The molecule has 18 heavy (non-hydrogen) atoms. The van der Waals surface area contributed by atoms with Gasteiger partial charge in [-0.3, -0.25) is 4.79 Å². The van der Waals surface area contributed by atoms with Crippen molar-refractivity contribution in [3.05, 3.63) is 47.0 Å². The van der Waals surface area contributed by atoms with Crippen LogP contribution in [-0.2, 0) is 6.42 Å². The van der Waals surface area contributed by atoms with Crippen LogP contribution >= 0.6 is 0 Å². The second-order valence-electron chi connectivity index (χ2n) is 6.34. The number of hydrogen-bond acceptors (Lipinski definition) is 1. The van der Waals surface area contributed by atoms with Crippen molar-refractivity contribution >= 4 is 5.78 Å². The zero-order valence-electron chi connectivity index (χ0n) is 10.8. The van der Waals surface area contributed by atoms with Gasteiger partial charge in [0.25, 0.3) is 0 Å². The Morgan fingerprint density at radius 1 is 1.28 bits per heavy atom. The van der Waals surface area contributed by atoms with E-state index >= 15 is 0 Å². The topological polar surface area (TPSA) is 17.1 Å². The summed E-state index contributed by atoms with van der Waals surface area (Å²) < 4.78 is 0. The van der Waals surface area contributed by atoms with Gasteiger partial charge in [-0.25, -0.2) is 0 Å². The van der Waals surface area contributed by atoms with Gasteiger partial charge < -0.3 is 0 Å². The first kappa shape index (κ1) is 10.5. The highest BCUT2D eigenvalue weighted by Gasteiger charge is 2.54. The summed E-state index contributed by atoms with van der Waals surface area (Å²) in [6, 6.07) is 6.39. The third-order valence-electron chi connectivity index (χ3n) is 5.31. The number of ketones is 1. The maximum Gasteiger partial charge on any atom is 0.169 e. The predicted molar refractivity (Wildman–Crippen MR) is 71.6 cm³/mol. The maximum atomic E-state index is 12.9. The van der Waals surface area contributed by atoms with E-state index in [2.05, 4.69) is 37.3 Å². The fraction of sp³-hybridized carbons (Fsp3) is 0.471. The number of rotatable bonds is 0. The molecule has 3 aliphatic carbocycles. The number of aryl methyl sites for hydroxylation is 2. The maximum absolute atomic E-state index is 12.9. The third kappa shape index (κ3) is 1.20. The van der Waals surface area contributed by atoms with E-state index in [4.69, 9.17) is 0 Å². The third-order valence-corrected chi connectivity index (χ3v) is 5.31. The van der Waals surface area contributed by atoms with Gasteiger partial charge in [0.1, 0.15) is 0 Å². The molecule has 0 amide bonds. The minimum absolute atomic E-state index is 0.0415. The molecule has 1 nitrogen and oxygen atoms in total. The first-order valence-electron chi connectivity index (χ1n) is 7.02. The summed E-state index contributed by atoms with van der Waals surface area (Å²) in [7, 11) is 0. The number of allylic oxidation sites excluding steroid dienone is 2. The molecule has 0 radical (unpaired) electrons. The van der Waals surface area contributed by atoms with Crippen LogP contribution in [0.4, 0.5) is 0 Å². The number of carbonyl (C=O) groups excluding carboxylic acids is 1. The van der Waals surface area contributed by atoms with E-state index in [1.54, 1.807) is 0 Å². The highest BCUT2D eigenvalue weighted by molar-refractivity contribution is 6.03. The first-order valence-corrected chi connectivity index (χ1v) is 7.02. The van der Waals surface area contributed by atoms with Crippen molar-refractivity contribution < 1.29 is 4.79 Å². The molecule has 2 bridgehead atoms. The fourth-order valence-electron chi connectivity index (χ4n) is 4.36. The van der Waals surface area contributed by atoms with Crippen molar-refractivity contribution in [3.8, 4) is 0 Å². The van der Waals surface area contributed by atoms with E-state index in [-0.39, 0.29) is 5.41 Å². The van der Waals surface area contributed by atoms with E-state index in [9.17, 15) is 4.79 Å². The molecule has 1 aromatic rings. The van der Waals surface area contributed by atoms with Crippen LogP contribution in [0.3, 0.4) is 0 Å². The molecule has 0 aliphatic heterocycles. The molecule has 3 aliphatic rings. The van der Waals surface area contributed by atoms with Crippen LogP contribution in [-0.4, -0.2) is 5.78 Å². The van der Waals surface area contributed by atoms with Crippen molar-refractivity contribution in [1.29, 1.82) is 0 Å². The fourth-order valence-corrected chi connectivity index (χ4v) is 4.36. The van der Waals surface area contributed by atoms with Gasteiger partial charge in [0.15, 0.2) is 5.78 Å². The summed E-state index contributed by atoms with van der Waals surface area (Å²) in [5.74, 6) is 1.62. The molecule has 1 aromatic carbocycles. The summed E-state index contributed by atoms with van der Waals surface area (Å²) in [4.78, 5) is 12.9. The molecule has 1 heteroatoms. The Kier molecular flexibility index (Phi) is 1.96. The number of benzene rings is 1. The molecule has 1 spiro atoms. The van der Waals surface area contributed by atoms with Crippen LogP contribution < -0.4 is 0 Å². The van der Waals surface area contributed by atoms with Crippen molar-refractivity contribution in [2.45, 2.75) is 32.6 Å². The second kappa shape index (κ2) is 3.34. The molecule has 0 heterocycles. The molecule has 0 N–H and O–H groups in total. The highest BCUT2D eigenvalue weighted by atomic mass is 16.1. The Morgan fingerprint density at radius 3 is 2.89 bits per heavy atom. The lowest BCUT2D eigenvalue weighted by Crippen LogP contribution is -2.39. The van der Waals surface area contributed by atoms with Gasteiger partial charge in [-0.1, -0.05) is 29.8 Å². The second-order valence-corrected chi connectivity index (χ2v) is 6.34. The molecule has 92 valence electrons. The molecular weight excluding hydrogens is 220 g/mol. The predicted octanol–water partition coefficient (Wildman–Crippen LogP) is 3.71. The number of fused-ring (bicyclic) bond motifs is 4. The van der Waals surface area contributed by atoms with E-state index in [0.717, 1.165) is 24.8 Å². The van der Waals surface area contributed by atoms with Crippen molar-refractivity contribution in [3.63, 3.8) is 0 Å². The van der Waals surface area contributed by atoms with Gasteiger partial charge in [-0.15, -0.1) is 0 Å². The Morgan fingerprint density at radius 2 is 2.17 bits per heavy atom. The van der Waals surface area contributed by atoms with Crippen molar-refractivity contribution in [2.75, 3.05) is 0 Å². The largest absolute Gasteiger partial charge is 0.294 e. The lowest BCUT2D eigenvalue weighted by Gasteiger charge is -2.38. The molecular formula is C17H18O. The molecule has 0 aromatic heterocycles. The monoisotopic (exact) mass is 238 g/mol. The van der Waals surface area contributed by atoms with Gasteiger partial charge in [0.05, 0.1) is 0 Å².